The molecule has 3 aromatic heterocycles. The number of imidazole rings is 1. The number of anilines is 1. The van der Waals surface area contributed by atoms with Gasteiger partial charge in [-0.2, -0.15) is 4.98 Å². The molecule has 8 nitrogen and oxygen atoms in total. The number of rotatable bonds is 4. The fourth-order valence-corrected chi connectivity index (χ4v) is 5.05. The molecule has 30 heavy (non-hydrogen) atoms. The Morgan fingerprint density at radius 1 is 1.20 bits per heavy atom. The molecule has 1 unspecified atom stereocenters. The highest BCUT2D eigenvalue weighted by Crippen LogP contribution is 2.24. The SMILES string of the molecule is Cn1c(NC2CC[C@@H](O)C2)nc2c1c(=O)n(Cc1ccc3sccc3c1)c(=O)n2C. The maximum absolute atomic E-state index is 13.3. The quantitative estimate of drug-likeness (QED) is 0.522. The number of aryl methyl sites for hydroxylation is 2. The van der Waals surface area contributed by atoms with Gasteiger partial charge in [0, 0.05) is 24.8 Å². The van der Waals surface area contributed by atoms with E-state index in [4.69, 9.17) is 0 Å². The van der Waals surface area contributed by atoms with Gasteiger partial charge in [0.05, 0.1) is 12.6 Å². The second-order valence-corrected chi connectivity index (χ2v) is 8.95. The highest BCUT2D eigenvalue weighted by molar-refractivity contribution is 7.17. The number of benzene rings is 1. The van der Waals surface area contributed by atoms with E-state index in [0.29, 0.717) is 23.5 Å². The van der Waals surface area contributed by atoms with Crippen LogP contribution in [0.1, 0.15) is 24.8 Å². The van der Waals surface area contributed by atoms with Crippen LogP contribution in [0.15, 0.2) is 39.2 Å². The molecule has 4 aromatic rings. The van der Waals surface area contributed by atoms with Crippen LogP contribution in [0, 0.1) is 0 Å². The Labute approximate surface area is 176 Å². The smallest absolute Gasteiger partial charge is 0.332 e. The predicted octanol–water partition coefficient (Wildman–Crippen LogP) is 2.02. The molecule has 0 radical (unpaired) electrons. The molecule has 3 heterocycles. The van der Waals surface area contributed by atoms with Gasteiger partial charge in [0.1, 0.15) is 0 Å². The molecule has 1 aromatic carbocycles. The number of hydrogen-bond donors (Lipinski definition) is 2. The van der Waals surface area contributed by atoms with Gasteiger partial charge in [-0.1, -0.05) is 6.07 Å². The zero-order valence-electron chi connectivity index (χ0n) is 16.8. The first kappa shape index (κ1) is 19.1. The molecule has 9 heteroatoms. The van der Waals surface area contributed by atoms with Gasteiger partial charge >= 0.3 is 5.69 Å². The fourth-order valence-electron chi connectivity index (χ4n) is 4.28. The van der Waals surface area contributed by atoms with E-state index in [-0.39, 0.29) is 29.9 Å². The first-order valence-corrected chi connectivity index (χ1v) is 10.9. The summed E-state index contributed by atoms with van der Waals surface area (Å²) in [7, 11) is 3.41. The van der Waals surface area contributed by atoms with Crippen LogP contribution in [0.2, 0.25) is 0 Å². The molecule has 156 valence electrons. The second-order valence-electron chi connectivity index (χ2n) is 8.00. The highest BCUT2D eigenvalue weighted by Gasteiger charge is 2.25. The van der Waals surface area contributed by atoms with Crippen molar-refractivity contribution in [2.24, 2.45) is 14.1 Å². The number of nitrogens with one attached hydrogen (secondary N) is 1. The lowest BCUT2D eigenvalue weighted by molar-refractivity contribution is 0.182. The predicted molar refractivity (Wildman–Crippen MR) is 118 cm³/mol. The number of aromatic nitrogens is 4. The van der Waals surface area contributed by atoms with Crippen LogP contribution < -0.4 is 16.6 Å². The minimum Gasteiger partial charge on any atom is -0.393 e. The molecule has 2 N–H and O–H groups in total. The Bertz CT molecular complexity index is 1380. The van der Waals surface area contributed by atoms with E-state index in [1.807, 2.05) is 29.6 Å². The lowest BCUT2D eigenvalue weighted by atomic mass is 10.1. The summed E-state index contributed by atoms with van der Waals surface area (Å²) in [6, 6.07) is 8.13. The van der Waals surface area contributed by atoms with Crippen molar-refractivity contribution < 1.29 is 5.11 Å². The molecule has 0 spiro atoms. The maximum atomic E-state index is 13.3. The molecule has 0 bridgehead atoms. The number of nitrogens with zero attached hydrogens (tertiary/aromatic N) is 4. The minimum absolute atomic E-state index is 0.104. The topological polar surface area (TPSA) is 94.1 Å². The molecular weight excluding hydrogens is 402 g/mol. The fraction of sp³-hybridized carbons (Fsp3) is 0.381. The molecule has 5 rings (SSSR count). The lowest BCUT2D eigenvalue weighted by Crippen LogP contribution is -2.39. The van der Waals surface area contributed by atoms with Gasteiger partial charge in [0.2, 0.25) is 5.95 Å². The van der Waals surface area contributed by atoms with E-state index in [1.165, 1.54) is 13.8 Å². The normalized spacial score (nSPS) is 19.2. The van der Waals surface area contributed by atoms with Gasteiger partial charge in [-0.3, -0.25) is 13.9 Å². The van der Waals surface area contributed by atoms with Crippen LogP contribution in [0.4, 0.5) is 5.95 Å². The van der Waals surface area contributed by atoms with Crippen molar-refractivity contribution in [2.45, 2.75) is 38.0 Å². The number of aliphatic hydroxyl groups is 1. The van der Waals surface area contributed by atoms with Crippen molar-refractivity contribution in [1.29, 1.82) is 0 Å². The maximum Gasteiger partial charge on any atom is 0.332 e. The van der Waals surface area contributed by atoms with E-state index in [9.17, 15) is 14.7 Å². The Hall–Kier alpha value is -2.91. The first-order valence-electron chi connectivity index (χ1n) is 9.99. The van der Waals surface area contributed by atoms with Crippen LogP contribution in [0.25, 0.3) is 21.3 Å². The second kappa shape index (κ2) is 7.10. The van der Waals surface area contributed by atoms with Crippen molar-refractivity contribution in [3.05, 3.63) is 56.0 Å². The zero-order chi connectivity index (χ0) is 21.0. The van der Waals surface area contributed by atoms with Gasteiger partial charge in [-0.05, 0) is 53.8 Å². The first-order chi connectivity index (χ1) is 14.4. The zero-order valence-corrected chi connectivity index (χ0v) is 17.6. The monoisotopic (exact) mass is 425 g/mol. The van der Waals surface area contributed by atoms with E-state index in [1.54, 1.807) is 30.0 Å². The van der Waals surface area contributed by atoms with E-state index < -0.39 is 0 Å². The molecule has 1 aliphatic carbocycles. The van der Waals surface area contributed by atoms with Gasteiger partial charge in [0.15, 0.2) is 11.2 Å². The summed E-state index contributed by atoms with van der Waals surface area (Å²) in [6.45, 7) is 0.204. The van der Waals surface area contributed by atoms with Crippen LogP contribution in [0.5, 0.6) is 0 Å². The summed E-state index contributed by atoms with van der Waals surface area (Å²) in [5, 5.41) is 16.2. The average Bonchev–Trinajstić information content (AvgIpc) is 3.43. The standard InChI is InChI=1S/C21H23N5O3S/c1-24-17-18(23-20(24)22-14-4-5-15(27)10-14)25(2)21(29)26(19(17)28)11-12-3-6-16-13(9-12)7-8-30-16/h3,6-9,14-15,27H,4-5,10-11H2,1-2H3,(H,22,23)/t14?,15-/m1/s1. The van der Waals surface area contributed by atoms with E-state index in [0.717, 1.165) is 23.8 Å². The Kier molecular flexibility index (Phi) is 4.52. The third kappa shape index (κ3) is 3.05. The summed E-state index contributed by atoms with van der Waals surface area (Å²) in [5.74, 6) is 0.536. The van der Waals surface area contributed by atoms with Crippen LogP contribution >= 0.6 is 11.3 Å². The molecule has 1 fully saturated rings. The lowest BCUT2D eigenvalue weighted by Gasteiger charge is -2.12. The van der Waals surface area contributed by atoms with Crippen molar-refractivity contribution >= 4 is 38.5 Å². The Morgan fingerprint density at radius 3 is 2.80 bits per heavy atom. The largest absolute Gasteiger partial charge is 0.393 e. The van der Waals surface area contributed by atoms with Crippen molar-refractivity contribution in [3.8, 4) is 0 Å². The van der Waals surface area contributed by atoms with Crippen LogP contribution in [0.3, 0.4) is 0 Å². The van der Waals surface area contributed by atoms with Crippen LogP contribution in [-0.4, -0.2) is 35.9 Å². The number of thiophene rings is 1. The molecule has 1 aliphatic rings. The Balaban J connectivity index is 1.58. The van der Waals surface area contributed by atoms with Crippen LogP contribution in [-0.2, 0) is 20.6 Å². The van der Waals surface area contributed by atoms with Crippen molar-refractivity contribution in [2.75, 3.05) is 5.32 Å². The third-order valence-corrected chi connectivity index (χ3v) is 6.85. The summed E-state index contributed by atoms with van der Waals surface area (Å²) in [5.41, 5.74) is 0.902. The van der Waals surface area contributed by atoms with Gasteiger partial charge in [-0.15, -0.1) is 11.3 Å². The molecule has 2 atom stereocenters. The van der Waals surface area contributed by atoms with Gasteiger partial charge in [0.25, 0.3) is 5.56 Å². The minimum atomic E-state index is -0.390. The molecule has 0 saturated heterocycles. The summed E-state index contributed by atoms with van der Waals surface area (Å²) in [4.78, 5) is 30.7. The highest BCUT2D eigenvalue weighted by atomic mass is 32.1. The molecule has 1 saturated carbocycles. The van der Waals surface area contributed by atoms with Gasteiger partial charge in [-0.25, -0.2) is 4.79 Å². The Morgan fingerprint density at radius 2 is 2.03 bits per heavy atom. The molecular formula is C21H23N5O3S. The molecule has 0 amide bonds. The number of hydrogen-bond acceptors (Lipinski definition) is 6. The number of aliphatic hydroxyl groups excluding tert-OH is 1. The molecule has 0 aliphatic heterocycles. The summed E-state index contributed by atoms with van der Waals surface area (Å²) < 4.78 is 5.57. The van der Waals surface area contributed by atoms with E-state index in [2.05, 4.69) is 10.3 Å². The third-order valence-electron chi connectivity index (χ3n) is 5.96. The van der Waals surface area contributed by atoms with Crippen molar-refractivity contribution in [3.63, 3.8) is 0 Å². The van der Waals surface area contributed by atoms with Crippen molar-refractivity contribution in [1.82, 2.24) is 18.7 Å². The van der Waals surface area contributed by atoms with E-state index >= 15 is 0 Å². The number of fused-ring (bicyclic) bond motifs is 2. The summed E-state index contributed by atoms with van der Waals surface area (Å²) in [6.07, 6.45) is 1.94. The summed E-state index contributed by atoms with van der Waals surface area (Å²) >= 11 is 1.66. The average molecular weight is 426 g/mol. The van der Waals surface area contributed by atoms with Gasteiger partial charge < -0.3 is 15.0 Å².